The van der Waals surface area contributed by atoms with E-state index in [1.165, 1.54) is 11.1 Å². The molecule has 2 fully saturated rings. The van der Waals surface area contributed by atoms with Crippen molar-refractivity contribution in [1.29, 1.82) is 0 Å². The van der Waals surface area contributed by atoms with Crippen molar-refractivity contribution in [3.63, 3.8) is 0 Å². The summed E-state index contributed by atoms with van der Waals surface area (Å²) in [5.74, 6) is 0.574. The second-order valence-corrected chi connectivity index (χ2v) is 8.76. The topological polar surface area (TPSA) is 57.6 Å². The average Bonchev–Trinajstić information content (AvgIpc) is 2.68. The summed E-state index contributed by atoms with van der Waals surface area (Å²) in [4.78, 5) is 25.9. The van der Waals surface area contributed by atoms with E-state index in [-0.39, 0.29) is 17.7 Å². The van der Waals surface area contributed by atoms with E-state index in [2.05, 4.69) is 38.1 Å². The number of aliphatic carboxylic acids is 1. The second kappa shape index (κ2) is 8.90. The molecule has 1 aromatic rings. The van der Waals surface area contributed by atoms with Gasteiger partial charge in [0.05, 0.1) is 5.92 Å². The lowest BCUT2D eigenvalue weighted by Crippen LogP contribution is -2.43. The fourth-order valence-electron chi connectivity index (χ4n) is 4.57. The molecular weight excluding hydrogens is 338 g/mol. The summed E-state index contributed by atoms with van der Waals surface area (Å²) in [6.07, 6.45) is 6.01. The van der Waals surface area contributed by atoms with Gasteiger partial charge in [-0.3, -0.25) is 9.59 Å². The van der Waals surface area contributed by atoms with Crippen molar-refractivity contribution in [1.82, 2.24) is 4.90 Å². The Kier molecular flexibility index (Phi) is 6.56. The van der Waals surface area contributed by atoms with Crippen LogP contribution in [0.5, 0.6) is 0 Å². The molecule has 0 unspecified atom stereocenters. The molecule has 1 aliphatic heterocycles. The number of hydrogen-bond donors (Lipinski definition) is 1. The lowest BCUT2D eigenvalue weighted by atomic mass is 9.81. The van der Waals surface area contributed by atoms with Crippen molar-refractivity contribution in [3.8, 4) is 0 Å². The van der Waals surface area contributed by atoms with Crippen LogP contribution in [0.15, 0.2) is 24.3 Å². The SMILES string of the molecule is CC(C)c1ccc(CC2CCN(C(=O)C3CCC(C(=O)O)CC3)CC2)cc1. The Balaban J connectivity index is 1.44. The number of likely N-dealkylation sites (tertiary alicyclic amines) is 1. The van der Waals surface area contributed by atoms with E-state index in [0.29, 0.717) is 24.7 Å². The fraction of sp³-hybridized carbons (Fsp3) is 0.652. The first-order valence-electron chi connectivity index (χ1n) is 10.5. The zero-order chi connectivity index (χ0) is 19.4. The summed E-state index contributed by atoms with van der Waals surface area (Å²) in [6, 6.07) is 9.00. The Morgan fingerprint density at radius 2 is 1.52 bits per heavy atom. The lowest BCUT2D eigenvalue weighted by Gasteiger charge is -2.36. The number of carboxylic acids is 1. The molecule has 1 aliphatic carbocycles. The van der Waals surface area contributed by atoms with Crippen LogP contribution in [0.25, 0.3) is 0 Å². The van der Waals surface area contributed by atoms with Gasteiger partial charge in [-0.2, -0.15) is 0 Å². The molecule has 0 bridgehead atoms. The number of carbonyl (C=O) groups excluding carboxylic acids is 1. The summed E-state index contributed by atoms with van der Waals surface area (Å²) in [5.41, 5.74) is 2.79. The molecule has 2 aliphatic rings. The Morgan fingerprint density at radius 1 is 0.963 bits per heavy atom. The number of amides is 1. The molecule has 1 aromatic carbocycles. The normalized spacial score (nSPS) is 24.2. The second-order valence-electron chi connectivity index (χ2n) is 8.76. The van der Waals surface area contributed by atoms with E-state index in [4.69, 9.17) is 5.11 Å². The van der Waals surface area contributed by atoms with Crippen LogP contribution in [0, 0.1) is 17.8 Å². The number of benzene rings is 1. The van der Waals surface area contributed by atoms with Crippen molar-refractivity contribution in [2.75, 3.05) is 13.1 Å². The third-order valence-corrected chi connectivity index (χ3v) is 6.52. The Labute approximate surface area is 163 Å². The largest absolute Gasteiger partial charge is 0.481 e. The average molecular weight is 372 g/mol. The van der Waals surface area contributed by atoms with E-state index >= 15 is 0 Å². The van der Waals surface area contributed by atoms with Crippen LogP contribution in [0.1, 0.15) is 69.4 Å². The molecule has 0 spiro atoms. The van der Waals surface area contributed by atoms with Gasteiger partial charge in [0.2, 0.25) is 5.91 Å². The van der Waals surface area contributed by atoms with Gasteiger partial charge in [0, 0.05) is 19.0 Å². The molecule has 1 heterocycles. The summed E-state index contributed by atoms with van der Waals surface area (Å²) in [6.45, 7) is 6.14. The number of hydrogen-bond acceptors (Lipinski definition) is 2. The monoisotopic (exact) mass is 371 g/mol. The lowest BCUT2D eigenvalue weighted by molar-refractivity contribution is -0.146. The molecule has 1 saturated carbocycles. The zero-order valence-electron chi connectivity index (χ0n) is 16.7. The standard InChI is InChI=1S/C23H33NO3/c1-16(2)19-5-3-17(4-6-19)15-18-11-13-24(14-12-18)22(25)20-7-9-21(10-8-20)23(26)27/h3-6,16,18,20-21H,7-15H2,1-2H3,(H,26,27). The highest BCUT2D eigenvalue weighted by Gasteiger charge is 2.33. The first kappa shape index (κ1) is 19.9. The van der Waals surface area contributed by atoms with Crippen LogP contribution in [-0.4, -0.2) is 35.0 Å². The van der Waals surface area contributed by atoms with Gasteiger partial charge in [0.15, 0.2) is 0 Å². The van der Waals surface area contributed by atoms with Gasteiger partial charge in [0.25, 0.3) is 0 Å². The first-order chi connectivity index (χ1) is 12.9. The van der Waals surface area contributed by atoms with Gasteiger partial charge >= 0.3 is 5.97 Å². The minimum Gasteiger partial charge on any atom is -0.481 e. The summed E-state index contributed by atoms with van der Waals surface area (Å²) >= 11 is 0. The van der Waals surface area contributed by atoms with Crippen molar-refractivity contribution in [2.45, 2.75) is 64.7 Å². The van der Waals surface area contributed by atoms with Crippen LogP contribution in [0.4, 0.5) is 0 Å². The maximum absolute atomic E-state index is 12.8. The minimum absolute atomic E-state index is 0.0423. The number of piperidine rings is 1. The Hall–Kier alpha value is -1.84. The molecule has 0 aromatic heterocycles. The van der Waals surface area contributed by atoms with Crippen molar-refractivity contribution < 1.29 is 14.7 Å². The van der Waals surface area contributed by atoms with Crippen molar-refractivity contribution >= 4 is 11.9 Å². The van der Waals surface area contributed by atoms with Crippen molar-refractivity contribution in [2.24, 2.45) is 17.8 Å². The Bertz CT molecular complexity index is 636. The van der Waals surface area contributed by atoms with Gasteiger partial charge in [-0.15, -0.1) is 0 Å². The summed E-state index contributed by atoms with van der Waals surface area (Å²) < 4.78 is 0. The molecule has 1 saturated heterocycles. The summed E-state index contributed by atoms with van der Waals surface area (Å²) in [7, 11) is 0. The van der Waals surface area contributed by atoms with E-state index in [9.17, 15) is 9.59 Å². The highest BCUT2D eigenvalue weighted by Crippen LogP contribution is 2.32. The molecule has 1 amide bonds. The molecule has 4 heteroatoms. The molecule has 0 atom stereocenters. The number of nitrogens with zero attached hydrogens (tertiary/aromatic N) is 1. The molecule has 1 N–H and O–H groups in total. The van der Waals surface area contributed by atoms with Gasteiger partial charge in [-0.1, -0.05) is 38.1 Å². The highest BCUT2D eigenvalue weighted by molar-refractivity contribution is 5.79. The van der Waals surface area contributed by atoms with E-state index < -0.39 is 5.97 Å². The third kappa shape index (κ3) is 5.12. The van der Waals surface area contributed by atoms with E-state index in [0.717, 1.165) is 45.2 Å². The molecule has 3 rings (SSSR count). The van der Waals surface area contributed by atoms with Gasteiger partial charge in [-0.25, -0.2) is 0 Å². The van der Waals surface area contributed by atoms with Crippen LogP contribution >= 0.6 is 0 Å². The van der Waals surface area contributed by atoms with Crippen LogP contribution in [0.2, 0.25) is 0 Å². The predicted molar refractivity (Wildman–Crippen MR) is 107 cm³/mol. The first-order valence-corrected chi connectivity index (χ1v) is 10.5. The fourth-order valence-corrected chi connectivity index (χ4v) is 4.57. The van der Waals surface area contributed by atoms with Gasteiger partial charge in [0.1, 0.15) is 0 Å². The number of carbonyl (C=O) groups is 2. The number of carboxylic acid groups (broad SMARTS) is 1. The quantitative estimate of drug-likeness (QED) is 0.830. The molecular formula is C23H33NO3. The smallest absolute Gasteiger partial charge is 0.306 e. The highest BCUT2D eigenvalue weighted by atomic mass is 16.4. The van der Waals surface area contributed by atoms with Crippen molar-refractivity contribution in [3.05, 3.63) is 35.4 Å². The van der Waals surface area contributed by atoms with E-state index in [1.54, 1.807) is 0 Å². The van der Waals surface area contributed by atoms with Crippen LogP contribution in [0.3, 0.4) is 0 Å². The third-order valence-electron chi connectivity index (χ3n) is 6.52. The minimum atomic E-state index is -0.705. The van der Waals surface area contributed by atoms with Gasteiger partial charge < -0.3 is 10.0 Å². The van der Waals surface area contributed by atoms with Gasteiger partial charge in [-0.05, 0) is 67.9 Å². The predicted octanol–water partition coefficient (Wildman–Crippen LogP) is 4.48. The maximum atomic E-state index is 12.8. The zero-order valence-corrected chi connectivity index (χ0v) is 16.7. The summed E-state index contributed by atoms with van der Waals surface area (Å²) in [5, 5.41) is 9.11. The molecule has 0 radical (unpaired) electrons. The molecule has 4 nitrogen and oxygen atoms in total. The van der Waals surface area contributed by atoms with Crippen LogP contribution in [-0.2, 0) is 16.0 Å². The maximum Gasteiger partial charge on any atom is 0.306 e. The number of rotatable bonds is 5. The molecule has 27 heavy (non-hydrogen) atoms. The Morgan fingerprint density at radius 3 is 2.04 bits per heavy atom. The van der Waals surface area contributed by atoms with E-state index in [1.807, 2.05) is 4.90 Å². The molecule has 148 valence electrons. The van der Waals surface area contributed by atoms with Crippen LogP contribution < -0.4 is 0 Å².